The summed E-state index contributed by atoms with van der Waals surface area (Å²) in [5.41, 5.74) is 7.93. The van der Waals surface area contributed by atoms with Crippen LogP contribution in [0.4, 0.5) is 5.69 Å². The third-order valence-corrected chi connectivity index (χ3v) is 4.23. The van der Waals surface area contributed by atoms with E-state index in [1.54, 1.807) is 0 Å². The van der Waals surface area contributed by atoms with Crippen LogP contribution in [0.25, 0.3) is 0 Å². The molecule has 0 saturated heterocycles. The van der Waals surface area contributed by atoms with Crippen LogP contribution < -0.4 is 20.5 Å². The Hall–Kier alpha value is -2.40. The molecule has 1 heterocycles. The second kappa shape index (κ2) is 8.62. The maximum Gasteiger partial charge on any atom is 0.193 e. The van der Waals surface area contributed by atoms with Crippen LogP contribution in [-0.2, 0) is 6.42 Å². The second-order valence-electron chi connectivity index (χ2n) is 5.80. The first-order valence-corrected chi connectivity index (χ1v) is 8.80. The molecule has 2 aromatic carbocycles. The molecule has 25 heavy (non-hydrogen) atoms. The molecule has 0 unspecified atom stereocenters. The van der Waals surface area contributed by atoms with Gasteiger partial charge in [-0.05, 0) is 36.6 Å². The minimum atomic E-state index is 0.383. The number of halogens is 1. The molecule has 0 fully saturated rings. The van der Waals surface area contributed by atoms with Crippen molar-refractivity contribution in [2.75, 3.05) is 25.1 Å². The molecular formula is C19H22ClN3O2. The largest absolute Gasteiger partial charge is 0.490 e. The van der Waals surface area contributed by atoms with Crippen molar-refractivity contribution in [3.63, 3.8) is 0 Å². The smallest absolute Gasteiger partial charge is 0.193 e. The van der Waals surface area contributed by atoms with Crippen molar-refractivity contribution >= 4 is 23.2 Å². The molecule has 3 N–H and O–H groups in total. The Morgan fingerprint density at radius 2 is 1.92 bits per heavy atom. The molecule has 2 aromatic rings. The quantitative estimate of drug-likeness (QED) is 0.483. The second-order valence-corrected chi connectivity index (χ2v) is 6.21. The first-order chi connectivity index (χ1) is 12.2. The Bertz CT molecular complexity index is 749. The first kappa shape index (κ1) is 17.4. The van der Waals surface area contributed by atoms with E-state index >= 15 is 0 Å². The molecule has 0 aliphatic carbocycles. The van der Waals surface area contributed by atoms with Gasteiger partial charge in [-0.3, -0.25) is 4.99 Å². The van der Waals surface area contributed by atoms with Gasteiger partial charge in [0.1, 0.15) is 0 Å². The number of hydrogen-bond acceptors (Lipinski definition) is 3. The van der Waals surface area contributed by atoms with E-state index in [4.69, 9.17) is 26.8 Å². The fourth-order valence-corrected chi connectivity index (χ4v) is 2.83. The fraction of sp³-hybridized carbons (Fsp3) is 0.316. The number of hydrogen-bond donors (Lipinski definition) is 2. The van der Waals surface area contributed by atoms with Crippen molar-refractivity contribution in [1.29, 1.82) is 0 Å². The Morgan fingerprint density at radius 3 is 2.76 bits per heavy atom. The van der Waals surface area contributed by atoms with Gasteiger partial charge in [0.25, 0.3) is 0 Å². The summed E-state index contributed by atoms with van der Waals surface area (Å²) in [7, 11) is 0. The lowest BCUT2D eigenvalue weighted by molar-refractivity contribution is 0.297. The average molecular weight is 360 g/mol. The van der Waals surface area contributed by atoms with Crippen LogP contribution in [0.15, 0.2) is 47.5 Å². The van der Waals surface area contributed by atoms with E-state index in [1.165, 1.54) is 0 Å². The minimum absolute atomic E-state index is 0.383. The molecule has 0 amide bonds. The average Bonchev–Trinajstić information content (AvgIpc) is 2.85. The van der Waals surface area contributed by atoms with Gasteiger partial charge in [0.15, 0.2) is 17.5 Å². The number of benzene rings is 2. The number of nitrogens with two attached hydrogens (primary N) is 1. The van der Waals surface area contributed by atoms with Gasteiger partial charge < -0.3 is 20.5 Å². The van der Waals surface area contributed by atoms with E-state index in [1.807, 2.05) is 42.5 Å². The molecule has 1 aliphatic heterocycles. The normalized spacial score (nSPS) is 14.0. The maximum absolute atomic E-state index is 6.15. The van der Waals surface area contributed by atoms with Gasteiger partial charge in [-0.25, -0.2) is 0 Å². The molecule has 0 aromatic heterocycles. The molecule has 0 bridgehead atoms. The summed E-state index contributed by atoms with van der Waals surface area (Å²) in [6.45, 7) is 1.96. The Balaban J connectivity index is 1.51. The van der Waals surface area contributed by atoms with E-state index in [2.05, 4.69) is 10.3 Å². The van der Waals surface area contributed by atoms with Crippen molar-refractivity contribution in [3.05, 3.63) is 53.1 Å². The molecule has 3 rings (SSSR count). The van der Waals surface area contributed by atoms with Crippen LogP contribution in [0.1, 0.15) is 18.4 Å². The summed E-state index contributed by atoms with van der Waals surface area (Å²) < 4.78 is 11.3. The summed E-state index contributed by atoms with van der Waals surface area (Å²) in [6.07, 6.45) is 2.64. The zero-order chi connectivity index (χ0) is 17.5. The molecule has 0 atom stereocenters. The van der Waals surface area contributed by atoms with Crippen LogP contribution >= 0.6 is 11.6 Å². The van der Waals surface area contributed by atoms with Crippen LogP contribution in [0.3, 0.4) is 0 Å². The fourth-order valence-electron chi connectivity index (χ4n) is 2.60. The number of ether oxygens (including phenoxy) is 2. The topological polar surface area (TPSA) is 68.9 Å². The van der Waals surface area contributed by atoms with Crippen molar-refractivity contribution in [3.8, 4) is 11.5 Å². The Kier molecular flexibility index (Phi) is 6.01. The lowest BCUT2D eigenvalue weighted by Gasteiger charge is -2.10. The Morgan fingerprint density at radius 1 is 1.12 bits per heavy atom. The number of rotatable bonds is 5. The lowest BCUT2D eigenvalue weighted by Crippen LogP contribution is -2.22. The van der Waals surface area contributed by atoms with Gasteiger partial charge in [-0.2, -0.15) is 0 Å². The van der Waals surface area contributed by atoms with Gasteiger partial charge in [0.05, 0.1) is 13.2 Å². The number of nitrogens with one attached hydrogen (secondary N) is 1. The van der Waals surface area contributed by atoms with Crippen LogP contribution in [-0.4, -0.2) is 25.7 Å². The number of nitrogens with zero attached hydrogens (tertiary/aromatic N) is 1. The zero-order valence-electron chi connectivity index (χ0n) is 14.0. The standard InChI is InChI=1S/C19H22ClN3O2/c20-16-7-2-1-5-14(16)6-3-10-22-19(21)23-15-8-9-17-18(13-15)25-12-4-11-24-17/h1-2,5,7-9,13H,3-4,6,10-12H2,(H3,21,22,23). The number of anilines is 1. The van der Waals surface area contributed by atoms with Gasteiger partial charge in [-0.1, -0.05) is 29.8 Å². The van der Waals surface area contributed by atoms with Gasteiger partial charge in [0, 0.05) is 29.7 Å². The lowest BCUT2D eigenvalue weighted by atomic mass is 10.1. The number of aliphatic imine (C=N–C) groups is 1. The molecule has 0 spiro atoms. The van der Waals surface area contributed by atoms with Crippen molar-refractivity contribution < 1.29 is 9.47 Å². The summed E-state index contributed by atoms with van der Waals surface area (Å²) >= 11 is 6.15. The highest BCUT2D eigenvalue weighted by atomic mass is 35.5. The number of guanidine groups is 1. The zero-order valence-corrected chi connectivity index (χ0v) is 14.8. The van der Waals surface area contributed by atoms with Gasteiger partial charge in [0.2, 0.25) is 0 Å². The SMILES string of the molecule is NC(=NCCCc1ccccc1Cl)Nc1ccc2c(c1)OCCCO2. The van der Waals surface area contributed by atoms with E-state index in [0.717, 1.165) is 47.0 Å². The molecular weight excluding hydrogens is 338 g/mol. The number of aryl methyl sites for hydroxylation is 1. The van der Waals surface area contributed by atoms with Crippen molar-refractivity contribution in [1.82, 2.24) is 0 Å². The van der Waals surface area contributed by atoms with E-state index < -0.39 is 0 Å². The molecule has 0 saturated carbocycles. The highest BCUT2D eigenvalue weighted by Gasteiger charge is 2.10. The monoisotopic (exact) mass is 359 g/mol. The van der Waals surface area contributed by atoms with Gasteiger partial charge >= 0.3 is 0 Å². The first-order valence-electron chi connectivity index (χ1n) is 8.42. The summed E-state index contributed by atoms with van der Waals surface area (Å²) in [4.78, 5) is 4.36. The molecule has 1 aliphatic rings. The summed E-state index contributed by atoms with van der Waals surface area (Å²) in [6, 6.07) is 13.5. The number of fused-ring (bicyclic) bond motifs is 1. The minimum Gasteiger partial charge on any atom is -0.490 e. The van der Waals surface area contributed by atoms with E-state index in [-0.39, 0.29) is 0 Å². The van der Waals surface area contributed by atoms with Crippen molar-refractivity contribution in [2.24, 2.45) is 10.7 Å². The van der Waals surface area contributed by atoms with E-state index in [0.29, 0.717) is 25.7 Å². The third kappa shape index (κ3) is 5.03. The molecule has 6 heteroatoms. The van der Waals surface area contributed by atoms with Crippen LogP contribution in [0.5, 0.6) is 11.5 Å². The van der Waals surface area contributed by atoms with Crippen LogP contribution in [0, 0.1) is 0 Å². The van der Waals surface area contributed by atoms with Crippen LogP contribution in [0.2, 0.25) is 5.02 Å². The molecule has 0 radical (unpaired) electrons. The van der Waals surface area contributed by atoms with Crippen molar-refractivity contribution in [2.45, 2.75) is 19.3 Å². The Labute approximate surface area is 152 Å². The maximum atomic E-state index is 6.15. The van der Waals surface area contributed by atoms with Gasteiger partial charge in [-0.15, -0.1) is 0 Å². The highest BCUT2D eigenvalue weighted by Crippen LogP contribution is 2.32. The van der Waals surface area contributed by atoms with E-state index in [9.17, 15) is 0 Å². The third-order valence-electron chi connectivity index (χ3n) is 3.86. The summed E-state index contributed by atoms with van der Waals surface area (Å²) in [5.74, 6) is 1.88. The highest BCUT2D eigenvalue weighted by molar-refractivity contribution is 6.31. The predicted octanol–water partition coefficient (Wildman–Crippen LogP) is 3.86. The molecule has 132 valence electrons. The summed E-state index contributed by atoms with van der Waals surface area (Å²) in [5, 5.41) is 3.88. The molecule has 5 nitrogen and oxygen atoms in total. The predicted molar refractivity (Wildman–Crippen MR) is 102 cm³/mol.